The fourth-order valence-corrected chi connectivity index (χ4v) is 2.32. The molecule has 0 spiro atoms. The molecule has 1 amide bonds. The Bertz CT molecular complexity index is 236. The fourth-order valence-electron chi connectivity index (χ4n) is 2.32. The van der Waals surface area contributed by atoms with E-state index in [0.717, 1.165) is 52.2 Å². The SMILES string of the molecule is O=C(CCN1CCNCC1)NCC1CCCO1. The molecule has 2 aliphatic heterocycles. The first-order chi connectivity index (χ1) is 8.34. The highest BCUT2D eigenvalue weighted by Gasteiger charge is 2.16. The highest BCUT2D eigenvalue weighted by molar-refractivity contribution is 5.76. The molecule has 17 heavy (non-hydrogen) atoms. The van der Waals surface area contributed by atoms with Crippen molar-refractivity contribution in [2.24, 2.45) is 0 Å². The highest BCUT2D eigenvalue weighted by Crippen LogP contribution is 2.10. The molecule has 0 bridgehead atoms. The van der Waals surface area contributed by atoms with E-state index in [9.17, 15) is 4.79 Å². The molecule has 0 aromatic carbocycles. The number of nitrogens with one attached hydrogen (secondary N) is 2. The molecule has 2 aliphatic rings. The molecule has 5 nitrogen and oxygen atoms in total. The summed E-state index contributed by atoms with van der Waals surface area (Å²) in [6.07, 6.45) is 3.06. The molecule has 0 radical (unpaired) electrons. The van der Waals surface area contributed by atoms with E-state index in [1.807, 2.05) is 0 Å². The molecule has 5 heteroatoms. The van der Waals surface area contributed by atoms with Crippen LogP contribution in [-0.4, -0.2) is 62.8 Å². The van der Waals surface area contributed by atoms with Gasteiger partial charge in [0.15, 0.2) is 0 Å². The Hall–Kier alpha value is -0.650. The Labute approximate surface area is 103 Å². The maximum absolute atomic E-state index is 11.6. The van der Waals surface area contributed by atoms with Crippen LogP contribution in [0.15, 0.2) is 0 Å². The van der Waals surface area contributed by atoms with Crippen LogP contribution in [0.3, 0.4) is 0 Å². The van der Waals surface area contributed by atoms with E-state index < -0.39 is 0 Å². The molecule has 2 N–H and O–H groups in total. The average molecular weight is 241 g/mol. The van der Waals surface area contributed by atoms with Gasteiger partial charge in [-0.25, -0.2) is 0 Å². The van der Waals surface area contributed by atoms with Crippen LogP contribution in [0.5, 0.6) is 0 Å². The number of carbonyl (C=O) groups excluding carboxylic acids is 1. The summed E-state index contributed by atoms with van der Waals surface area (Å²) < 4.78 is 5.46. The summed E-state index contributed by atoms with van der Waals surface area (Å²) in [7, 11) is 0. The van der Waals surface area contributed by atoms with Gasteiger partial charge in [-0.3, -0.25) is 4.79 Å². The van der Waals surface area contributed by atoms with Crippen LogP contribution in [0.2, 0.25) is 0 Å². The molecular formula is C12H23N3O2. The third-order valence-corrected chi connectivity index (χ3v) is 3.42. The van der Waals surface area contributed by atoms with Gasteiger partial charge >= 0.3 is 0 Å². The predicted molar refractivity (Wildman–Crippen MR) is 65.9 cm³/mol. The van der Waals surface area contributed by atoms with E-state index in [1.165, 1.54) is 0 Å². The molecule has 0 aromatic heterocycles. The number of piperazine rings is 1. The zero-order valence-corrected chi connectivity index (χ0v) is 10.4. The first kappa shape index (κ1) is 12.8. The topological polar surface area (TPSA) is 53.6 Å². The molecule has 1 unspecified atom stereocenters. The third kappa shape index (κ3) is 4.61. The maximum Gasteiger partial charge on any atom is 0.221 e. The van der Waals surface area contributed by atoms with Crippen LogP contribution >= 0.6 is 0 Å². The minimum absolute atomic E-state index is 0.152. The van der Waals surface area contributed by atoms with Gasteiger partial charge in [0.25, 0.3) is 0 Å². The zero-order chi connectivity index (χ0) is 11.9. The van der Waals surface area contributed by atoms with Gasteiger partial charge in [-0.15, -0.1) is 0 Å². The number of hydrogen-bond donors (Lipinski definition) is 2. The lowest BCUT2D eigenvalue weighted by molar-refractivity contribution is -0.121. The zero-order valence-electron chi connectivity index (χ0n) is 10.4. The number of nitrogens with zero attached hydrogens (tertiary/aromatic N) is 1. The minimum atomic E-state index is 0.152. The van der Waals surface area contributed by atoms with Gasteiger partial charge in [0, 0.05) is 52.3 Å². The van der Waals surface area contributed by atoms with Gasteiger partial charge in [0.1, 0.15) is 0 Å². The molecule has 98 valence electrons. The molecule has 2 fully saturated rings. The first-order valence-corrected chi connectivity index (χ1v) is 6.66. The third-order valence-electron chi connectivity index (χ3n) is 3.42. The van der Waals surface area contributed by atoms with Crippen molar-refractivity contribution in [2.75, 3.05) is 45.9 Å². The maximum atomic E-state index is 11.6. The van der Waals surface area contributed by atoms with Gasteiger partial charge in [-0.1, -0.05) is 0 Å². The van der Waals surface area contributed by atoms with Gasteiger partial charge in [0.2, 0.25) is 5.91 Å². The summed E-state index contributed by atoms with van der Waals surface area (Å²) in [4.78, 5) is 14.0. The van der Waals surface area contributed by atoms with Crippen molar-refractivity contribution in [2.45, 2.75) is 25.4 Å². The van der Waals surface area contributed by atoms with Crippen molar-refractivity contribution in [1.82, 2.24) is 15.5 Å². The van der Waals surface area contributed by atoms with Gasteiger partial charge in [-0.2, -0.15) is 0 Å². The van der Waals surface area contributed by atoms with Crippen molar-refractivity contribution < 1.29 is 9.53 Å². The summed E-state index contributed by atoms with van der Waals surface area (Å²) >= 11 is 0. The van der Waals surface area contributed by atoms with E-state index in [0.29, 0.717) is 13.0 Å². The van der Waals surface area contributed by atoms with Crippen LogP contribution < -0.4 is 10.6 Å². The van der Waals surface area contributed by atoms with E-state index >= 15 is 0 Å². The van der Waals surface area contributed by atoms with Crippen molar-refractivity contribution in [1.29, 1.82) is 0 Å². The monoisotopic (exact) mass is 241 g/mol. The van der Waals surface area contributed by atoms with Crippen LogP contribution in [0.4, 0.5) is 0 Å². The Morgan fingerprint density at radius 2 is 2.24 bits per heavy atom. The van der Waals surface area contributed by atoms with Crippen molar-refractivity contribution in [3.8, 4) is 0 Å². The Kier molecular flexibility index (Phi) is 5.22. The summed E-state index contributed by atoms with van der Waals surface area (Å²) in [6.45, 7) is 6.59. The second-order valence-electron chi connectivity index (χ2n) is 4.78. The molecule has 2 saturated heterocycles. The lowest BCUT2D eigenvalue weighted by atomic mass is 10.2. The lowest BCUT2D eigenvalue weighted by Crippen LogP contribution is -2.44. The minimum Gasteiger partial charge on any atom is -0.376 e. The standard InChI is InChI=1S/C12H23N3O2/c16-12(14-10-11-2-1-9-17-11)3-6-15-7-4-13-5-8-15/h11,13H,1-10H2,(H,14,16). The second-order valence-corrected chi connectivity index (χ2v) is 4.78. The van der Waals surface area contributed by atoms with E-state index in [1.54, 1.807) is 0 Å². The van der Waals surface area contributed by atoms with E-state index in [2.05, 4.69) is 15.5 Å². The summed E-state index contributed by atoms with van der Waals surface area (Å²) in [5.41, 5.74) is 0. The first-order valence-electron chi connectivity index (χ1n) is 6.66. The average Bonchev–Trinajstić information content (AvgIpc) is 2.88. The fraction of sp³-hybridized carbons (Fsp3) is 0.917. The lowest BCUT2D eigenvalue weighted by Gasteiger charge is -2.26. The van der Waals surface area contributed by atoms with Gasteiger partial charge in [0.05, 0.1) is 6.10 Å². The van der Waals surface area contributed by atoms with Crippen LogP contribution in [0.1, 0.15) is 19.3 Å². The van der Waals surface area contributed by atoms with Crippen LogP contribution in [0.25, 0.3) is 0 Å². The van der Waals surface area contributed by atoms with Gasteiger partial charge in [-0.05, 0) is 12.8 Å². The molecule has 0 aliphatic carbocycles. The smallest absolute Gasteiger partial charge is 0.221 e. The Morgan fingerprint density at radius 3 is 2.94 bits per heavy atom. The molecular weight excluding hydrogens is 218 g/mol. The van der Waals surface area contributed by atoms with Crippen LogP contribution in [-0.2, 0) is 9.53 Å². The predicted octanol–water partition coefficient (Wildman–Crippen LogP) is -0.423. The van der Waals surface area contributed by atoms with E-state index in [4.69, 9.17) is 4.74 Å². The van der Waals surface area contributed by atoms with Crippen molar-refractivity contribution in [3.63, 3.8) is 0 Å². The second kappa shape index (κ2) is 6.93. The molecule has 2 heterocycles. The number of ether oxygens (including phenoxy) is 1. The number of rotatable bonds is 5. The largest absolute Gasteiger partial charge is 0.376 e. The van der Waals surface area contributed by atoms with Crippen molar-refractivity contribution >= 4 is 5.91 Å². The van der Waals surface area contributed by atoms with Crippen LogP contribution in [0, 0.1) is 0 Å². The molecule has 0 aromatic rings. The normalized spacial score (nSPS) is 26.0. The van der Waals surface area contributed by atoms with Gasteiger partial charge < -0.3 is 20.3 Å². The van der Waals surface area contributed by atoms with Crippen molar-refractivity contribution in [3.05, 3.63) is 0 Å². The summed E-state index contributed by atoms with van der Waals surface area (Å²) in [5, 5.41) is 6.26. The number of hydrogen-bond acceptors (Lipinski definition) is 4. The Balaban J connectivity index is 1.53. The molecule has 2 rings (SSSR count). The summed E-state index contributed by atoms with van der Waals surface area (Å²) in [6, 6.07) is 0. The molecule has 1 atom stereocenters. The quantitative estimate of drug-likeness (QED) is 0.686. The number of carbonyl (C=O) groups is 1. The highest BCUT2D eigenvalue weighted by atomic mass is 16.5. The number of amides is 1. The van der Waals surface area contributed by atoms with E-state index in [-0.39, 0.29) is 12.0 Å². The summed E-state index contributed by atoms with van der Waals surface area (Å²) in [5.74, 6) is 0.152. The Morgan fingerprint density at radius 1 is 1.41 bits per heavy atom. The molecule has 0 saturated carbocycles.